The van der Waals surface area contributed by atoms with E-state index in [2.05, 4.69) is 14.9 Å². The lowest BCUT2D eigenvalue weighted by atomic mass is 10.1. The van der Waals surface area contributed by atoms with Gasteiger partial charge in [-0.15, -0.1) is 5.10 Å². The number of benzene rings is 1. The molecule has 1 amide bonds. The average molecular weight is 305 g/mol. The molecule has 21 heavy (non-hydrogen) atoms. The van der Waals surface area contributed by atoms with Crippen molar-refractivity contribution >= 4 is 23.1 Å². The number of nitrogens with zero attached hydrogens (tertiary/aromatic N) is 2. The Hall–Kier alpha value is -1.79. The van der Waals surface area contributed by atoms with Crippen LogP contribution in [-0.4, -0.2) is 27.2 Å². The summed E-state index contributed by atoms with van der Waals surface area (Å²) in [5, 5.41) is 15.8. The second-order valence-corrected chi connectivity index (χ2v) is 5.53. The van der Waals surface area contributed by atoms with Crippen LogP contribution in [0.15, 0.2) is 24.3 Å². The summed E-state index contributed by atoms with van der Waals surface area (Å²) >= 11 is 1.13. The van der Waals surface area contributed by atoms with Crippen LogP contribution in [0.25, 0.3) is 0 Å². The summed E-state index contributed by atoms with van der Waals surface area (Å²) in [6, 6.07) is 7.68. The van der Waals surface area contributed by atoms with Crippen LogP contribution >= 0.6 is 11.5 Å². The van der Waals surface area contributed by atoms with Gasteiger partial charge >= 0.3 is 0 Å². The molecule has 0 aliphatic heterocycles. The molecule has 1 heterocycles. The fraction of sp³-hybridized carbons (Fsp3) is 0.400. The highest BCUT2D eigenvalue weighted by Gasteiger charge is 2.15. The fourth-order valence-corrected chi connectivity index (χ4v) is 2.66. The van der Waals surface area contributed by atoms with Crippen LogP contribution in [-0.2, 0) is 12.8 Å². The van der Waals surface area contributed by atoms with Crippen LogP contribution in [0, 0.1) is 0 Å². The lowest BCUT2D eigenvalue weighted by Gasteiger charge is -2.06. The van der Waals surface area contributed by atoms with Crippen LogP contribution in [0.3, 0.4) is 0 Å². The van der Waals surface area contributed by atoms with E-state index in [9.17, 15) is 4.79 Å². The zero-order valence-electron chi connectivity index (χ0n) is 12.0. The average Bonchev–Trinajstić information content (AvgIpc) is 2.94. The summed E-state index contributed by atoms with van der Waals surface area (Å²) in [7, 11) is 0. The predicted molar refractivity (Wildman–Crippen MR) is 83.7 cm³/mol. The Morgan fingerprint density at radius 2 is 2.24 bits per heavy atom. The molecule has 0 atom stereocenters. The molecule has 0 bridgehead atoms. The quantitative estimate of drug-likeness (QED) is 0.824. The first-order chi connectivity index (χ1) is 10.2. The summed E-state index contributed by atoms with van der Waals surface area (Å²) in [6.07, 6.45) is 3.21. The summed E-state index contributed by atoms with van der Waals surface area (Å²) in [6.45, 7) is 2.22. The number of carbonyl (C=O) groups is 1. The normalized spacial score (nSPS) is 10.6. The van der Waals surface area contributed by atoms with Crippen molar-refractivity contribution in [2.75, 3.05) is 11.9 Å². The molecule has 0 saturated heterocycles. The summed E-state index contributed by atoms with van der Waals surface area (Å²) in [4.78, 5) is 12.9. The molecular formula is C15H19N3O2S. The first kappa shape index (κ1) is 15.6. The lowest BCUT2D eigenvalue weighted by Crippen LogP contribution is -2.12. The largest absolute Gasteiger partial charge is 0.396 e. The summed E-state index contributed by atoms with van der Waals surface area (Å²) in [5.74, 6) is -0.159. The SMILES string of the molecule is CCCc1nnsc1C(=O)Nc1cccc(CCCO)c1. The van der Waals surface area contributed by atoms with Gasteiger partial charge in [-0.3, -0.25) is 4.79 Å². The van der Waals surface area contributed by atoms with E-state index in [0.29, 0.717) is 4.88 Å². The summed E-state index contributed by atoms with van der Waals surface area (Å²) < 4.78 is 3.86. The Bertz CT molecular complexity index is 598. The van der Waals surface area contributed by atoms with Gasteiger partial charge in [0.1, 0.15) is 4.88 Å². The number of carbonyl (C=O) groups excluding carboxylic acids is 1. The molecule has 2 aromatic rings. The van der Waals surface area contributed by atoms with Crippen molar-refractivity contribution < 1.29 is 9.90 Å². The molecule has 0 radical (unpaired) electrons. The number of nitrogens with one attached hydrogen (secondary N) is 1. The Morgan fingerprint density at radius 3 is 3.00 bits per heavy atom. The van der Waals surface area contributed by atoms with Crippen LogP contribution in [0.5, 0.6) is 0 Å². The molecule has 1 aromatic carbocycles. The number of amides is 1. The van der Waals surface area contributed by atoms with Crippen LogP contribution in [0.2, 0.25) is 0 Å². The van der Waals surface area contributed by atoms with Gasteiger partial charge in [-0.1, -0.05) is 30.0 Å². The van der Waals surface area contributed by atoms with E-state index in [1.807, 2.05) is 31.2 Å². The van der Waals surface area contributed by atoms with E-state index in [1.54, 1.807) is 0 Å². The second-order valence-electron chi connectivity index (χ2n) is 4.78. The number of hydrogen-bond acceptors (Lipinski definition) is 5. The first-order valence-electron chi connectivity index (χ1n) is 7.07. The van der Waals surface area contributed by atoms with Crippen LogP contribution in [0.4, 0.5) is 5.69 Å². The Labute approximate surface area is 128 Å². The first-order valence-corrected chi connectivity index (χ1v) is 7.84. The van der Waals surface area contributed by atoms with E-state index in [1.165, 1.54) is 0 Å². The van der Waals surface area contributed by atoms with Crippen molar-refractivity contribution in [1.82, 2.24) is 9.59 Å². The number of aliphatic hydroxyl groups excluding tert-OH is 1. The maximum atomic E-state index is 12.3. The van der Waals surface area contributed by atoms with Crippen molar-refractivity contribution in [3.05, 3.63) is 40.4 Å². The number of hydrogen-bond donors (Lipinski definition) is 2. The zero-order chi connectivity index (χ0) is 15.1. The molecule has 112 valence electrons. The molecule has 0 unspecified atom stereocenters. The van der Waals surface area contributed by atoms with Crippen molar-refractivity contribution in [2.24, 2.45) is 0 Å². The molecule has 2 N–H and O–H groups in total. The predicted octanol–water partition coefficient (Wildman–Crippen LogP) is 2.67. The number of anilines is 1. The van der Waals surface area contributed by atoms with E-state index in [4.69, 9.17) is 5.11 Å². The summed E-state index contributed by atoms with van der Waals surface area (Å²) in [5.41, 5.74) is 2.61. The minimum Gasteiger partial charge on any atom is -0.396 e. The number of rotatable bonds is 7. The molecular weight excluding hydrogens is 286 g/mol. The van der Waals surface area contributed by atoms with E-state index < -0.39 is 0 Å². The second kappa shape index (κ2) is 7.85. The fourth-order valence-electron chi connectivity index (χ4n) is 2.06. The van der Waals surface area contributed by atoms with E-state index >= 15 is 0 Å². The highest BCUT2D eigenvalue weighted by molar-refractivity contribution is 7.08. The van der Waals surface area contributed by atoms with Crippen molar-refractivity contribution in [1.29, 1.82) is 0 Å². The highest BCUT2D eigenvalue weighted by atomic mass is 32.1. The molecule has 0 fully saturated rings. The van der Waals surface area contributed by atoms with Gasteiger partial charge < -0.3 is 10.4 Å². The number of aliphatic hydroxyl groups is 1. The maximum absolute atomic E-state index is 12.3. The Morgan fingerprint density at radius 1 is 1.38 bits per heavy atom. The zero-order valence-corrected chi connectivity index (χ0v) is 12.8. The monoisotopic (exact) mass is 305 g/mol. The van der Waals surface area contributed by atoms with Gasteiger partial charge in [-0.2, -0.15) is 0 Å². The molecule has 0 spiro atoms. The third kappa shape index (κ3) is 4.34. The van der Waals surface area contributed by atoms with Gasteiger partial charge in [0.25, 0.3) is 5.91 Å². The van der Waals surface area contributed by atoms with Gasteiger partial charge in [0.2, 0.25) is 0 Å². The molecule has 1 aromatic heterocycles. The van der Waals surface area contributed by atoms with Crippen LogP contribution in [0.1, 0.15) is 40.7 Å². The third-order valence-corrected chi connectivity index (χ3v) is 3.82. The van der Waals surface area contributed by atoms with Crippen molar-refractivity contribution in [2.45, 2.75) is 32.6 Å². The van der Waals surface area contributed by atoms with Crippen LogP contribution < -0.4 is 5.32 Å². The maximum Gasteiger partial charge on any atom is 0.269 e. The standard InChI is InChI=1S/C15H19N3O2S/c1-2-5-13-14(21-18-17-13)15(20)16-12-8-3-6-11(10-12)7-4-9-19/h3,6,8,10,19H,2,4-5,7,9H2,1H3,(H,16,20). The van der Waals surface area contributed by atoms with E-state index in [0.717, 1.165) is 54.2 Å². The van der Waals surface area contributed by atoms with Gasteiger partial charge in [-0.05, 0) is 48.5 Å². The minimum atomic E-state index is -0.159. The molecule has 0 aliphatic rings. The number of aryl methyl sites for hydroxylation is 2. The molecule has 2 rings (SSSR count). The van der Waals surface area contributed by atoms with Gasteiger partial charge in [-0.25, -0.2) is 0 Å². The highest BCUT2D eigenvalue weighted by Crippen LogP contribution is 2.17. The molecule has 5 nitrogen and oxygen atoms in total. The van der Waals surface area contributed by atoms with Gasteiger partial charge in [0, 0.05) is 12.3 Å². The Balaban J connectivity index is 2.06. The molecule has 0 saturated carbocycles. The molecule has 0 aliphatic carbocycles. The smallest absolute Gasteiger partial charge is 0.269 e. The van der Waals surface area contributed by atoms with Gasteiger partial charge in [0.05, 0.1) is 5.69 Å². The third-order valence-electron chi connectivity index (χ3n) is 3.06. The van der Waals surface area contributed by atoms with Crippen molar-refractivity contribution in [3.8, 4) is 0 Å². The van der Waals surface area contributed by atoms with E-state index in [-0.39, 0.29) is 12.5 Å². The minimum absolute atomic E-state index is 0.159. The number of aromatic nitrogens is 2. The lowest BCUT2D eigenvalue weighted by molar-refractivity contribution is 0.102. The van der Waals surface area contributed by atoms with Crippen molar-refractivity contribution in [3.63, 3.8) is 0 Å². The molecule has 6 heteroatoms. The Kier molecular flexibility index (Phi) is 5.83. The van der Waals surface area contributed by atoms with Gasteiger partial charge in [0.15, 0.2) is 0 Å². The topological polar surface area (TPSA) is 75.1 Å².